The molecule has 0 amide bonds. The monoisotopic (exact) mass is 209 g/mol. The van der Waals surface area contributed by atoms with Crippen LogP contribution < -0.4 is 5.73 Å². The Hall–Kier alpha value is -0.830. The van der Waals surface area contributed by atoms with Crippen molar-refractivity contribution in [2.75, 3.05) is 6.54 Å². The first kappa shape index (κ1) is 12.2. The second-order valence-corrected chi connectivity index (χ2v) is 5.33. The summed E-state index contributed by atoms with van der Waals surface area (Å²) in [6.45, 7) is 11.6. The van der Waals surface area contributed by atoms with E-state index in [0.717, 1.165) is 6.42 Å². The molecule has 1 heterocycles. The maximum absolute atomic E-state index is 5.61. The van der Waals surface area contributed by atoms with Gasteiger partial charge in [-0.3, -0.25) is 4.68 Å². The van der Waals surface area contributed by atoms with Gasteiger partial charge in [-0.2, -0.15) is 5.10 Å². The second kappa shape index (κ2) is 4.35. The molecule has 0 aliphatic rings. The Morgan fingerprint density at radius 2 is 2.00 bits per heavy atom. The lowest BCUT2D eigenvalue weighted by Crippen LogP contribution is -2.26. The van der Waals surface area contributed by atoms with Crippen LogP contribution >= 0.6 is 0 Å². The van der Waals surface area contributed by atoms with Crippen LogP contribution in [-0.2, 0) is 12.0 Å². The van der Waals surface area contributed by atoms with E-state index in [2.05, 4.69) is 44.4 Å². The minimum atomic E-state index is 0.0481. The Labute approximate surface area is 92.7 Å². The number of hydrogen-bond acceptors (Lipinski definition) is 2. The molecule has 3 heteroatoms. The van der Waals surface area contributed by atoms with Crippen LogP contribution in [0.2, 0.25) is 0 Å². The zero-order chi connectivity index (χ0) is 11.6. The molecule has 0 aromatic carbocycles. The normalized spacial score (nSPS) is 12.5. The summed E-state index contributed by atoms with van der Waals surface area (Å²) in [6.07, 6.45) is 2.89. The lowest BCUT2D eigenvalue weighted by atomic mass is 10.0. The van der Waals surface area contributed by atoms with Crippen molar-refractivity contribution in [2.24, 2.45) is 5.73 Å². The Bertz CT molecular complexity index is 318. The van der Waals surface area contributed by atoms with Gasteiger partial charge in [-0.15, -0.1) is 0 Å². The standard InChI is InChI=1S/C12H23N3/c1-9(2)11-10(6-7-13)8-14-15(11)12(3,4)5/h8-9H,6-7,13H2,1-5H3. The number of nitrogens with two attached hydrogens (primary N) is 1. The van der Waals surface area contributed by atoms with Gasteiger partial charge in [-0.1, -0.05) is 13.8 Å². The van der Waals surface area contributed by atoms with E-state index in [1.165, 1.54) is 11.3 Å². The second-order valence-electron chi connectivity index (χ2n) is 5.33. The molecule has 0 aliphatic heterocycles. The van der Waals surface area contributed by atoms with Crippen molar-refractivity contribution in [1.29, 1.82) is 0 Å². The van der Waals surface area contributed by atoms with Gasteiger partial charge in [-0.05, 0) is 45.2 Å². The third kappa shape index (κ3) is 2.59. The minimum absolute atomic E-state index is 0.0481. The van der Waals surface area contributed by atoms with E-state index >= 15 is 0 Å². The van der Waals surface area contributed by atoms with Crippen molar-refractivity contribution in [2.45, 2.75) is 52.5 Å². The Balaban J connectivity index is 3.18. The fourth-order valence-corrected chi connectivity index (χ4v) is 1.89. The number of rotatable bonds is 3. The first-order valence-corrected chi connectivity index (χ1v) is 5.65. The summed E-state index contributed by atoms with van der Waals surface area (Å²) < 4.78 is 2.13. The van der Waals surface area contributed by atoms with Gasteiger partial charge in [0.2, 0.25) is 0 Å². The van der Waals surface area contributed by atoms with Crippen molar-refractivity contribution in [3.63, 3.8) is 0 Å². The molecule has 0 fully saturated rings. The van der Waals surface area contributed by atoms with Crippen LogP contribution in [-0.4, -0.2) is 16.3 Å². The zero-order valence-electron chi connectivity index (χ0n) is 10.5. The summed E-state index contributed by atoms with van der Waals surface area (Å²) in [5.41, 5.74) is 8.28. The molecule has 1 rings (SSSR count). The van der Waals surface area contributed by atoms with Crippen LogP contribution in [0.15, 0.2) is 6.20 Å². The highest BCUT2D eigenvalue weighted by atomic mass is 15.3. The first-order valence-electron chi connectivity index (χ1n) is 5.65. The van der Waals surface area contributed by atoms with Crippen LogP contribution in [0.5, 0.6) is 0 Å². The quantitative estimate of drug-likeness (QED) is 0.830. The molecule has 0 bridgehead atoms. The number of hydrogen-bond donors (Lipinski definition) is 1. The van der Waals surface area contributed by atoms with Crippen LogP contribution in [0, 0.1) is 0 Å². The summed E-state index contributed by atoms with van der Waals surface area (Å²) in [5.74, 6) is 0.494. The molecule has 1 aromatic heterocycles. The highest BCUT2D eigenvalue weighted by Gasteiger charge is 2.22. The molecule has 2 N–H and O–H groups in total. The molecule has 1 aromatic rings. The number of aromatic nitrogens is 2. The smallest absolute Gasteiger partial charge is 0.0546 e. The summed E-state index contributed by atoms with van der Waals surface area (Å²) in [6, 6.07) is 0. The molecule has 15 heavy (non-hydrogen) atoms. The maximum Gasteiger partial charge on any atom is 0.0546 e. The lowest BCUT2D eigenvalue weighted by molar-refractivity contribution is 0.338. The molecule has 0 spiro atoms. The van der Waals surface area contributed by atoms with E-state index in [1.54, 1.807) is 0 Å². The third-order valence-corrected chi connectivity index (χ3v) is 2.48. The molecule has 0 saturated carbocycles. The molecule has 86 valence electrons. The van der Waals surface area contributed by atoms with E-state index < -0.39 is 0 Å². The molecular weight excluding hydrogens is 186 g/mol. The Morgan fingerprint density at radius 3 is 2.40 bits per heavy atom. The summed E-state index contributed by atoms with van der Waals surface area (Å²) in [4.78, 5) is 0. The Kier molecular flexibility index (Phi) is 3.55. The first-order chi connectivity index (χ1) is 6.88. The predicted octanol–water partition coefficient (Wildman–Crippen LogP) is 2.26. The van der Waals surface area contributed by atoms with Gasteiger partial charge in [-0.25, -0.2) is 0 Å². The van der Waals surface area contributed by atoms with Crippen molar-refractivity contribution in [1.82, 2.24) is 9.78 Å². The number of nitrogens with zero attached hydrogens (tertiary/aromatic N) is 2. The third-order valence-electron chi connectivity index (χ3n) is 2.48. The SMILES string of the molecule is CC(C)c1c(CCN)cnn1C(C)(C)C. The van der Waals surface area contributed by atoms with Gasteiger partial charge < -0.3 is 5.73 Å². The minimum Gasteiger partial charge on any atom is -0.330 e. The van der Waals surface area contributed by atoms with Gasteiger partial charge in [0.25, 0.3) is 0 Å². The van der Waals surface area contributed by atoms with Crippen LogP contribution in [0.4, 0.5) is 0 Å². The summed E-state index contributed by atoms with van der Waals surface area (Å²) in [7, 11) is 0. The van der Waals surface area contributed by atoms with Crippen LogP contribution in [0.25, 0.3) is 0 Å². The van der Waals surface area contributed by atoms with Gasteiger partial charge >= 0.3 is 0 Å². The molecule has 0 radical (unpaired) electrons. The average Bonchev–Trinajstić information content (AvgIpc) is 2.47. The maximum atomic E-state index is 5.61. The summed E-state index contributed by atoms with van der Waals surface area (Å²) >= 11 is 0. The van der Waals surface area contributed by atoms with E-state index in [9.17, 15) is 0 Å². The predicted molar refractivity (Wildman–Crippen MR) is 64.1 cm³/mol. The van der Waals surface area contributed by atoms with Gasteiger partial charge in [0.05, 0.1) is 11.7 Å². The van der Waals surface area contributed by atoms with E-state index in [-0.39, 0.29) is 5.54 Å². The zero-order valence-corrected chi connectivity index (χ0v) is 10.5. The van der Waals surface area contributed by atoms with Crippen LogP contribution in [0.3, 0.4) is 0 Å². The molecular formula is C12H23N3. The van der Waals surface area contributed by atoms with Crippen molar-refractivity contribution in [3.05, 3.63) is 17.5 Å². The van der Waals surface area contributed by atoms with Crippen molar-refractivity contribution >= 4 is 0 Å². The highest BCUT2D eigenvalue weighted by molar-refractivity contribution is 5.22. The largest absolute Gasteiger partial charge is 0.330 e. The van der Waals surface area contributed by atoms with Crippen molar-refractivity contribution < 1.29 is 0 Å². The molecule has 3 nitrogen and oxygen atoms in total. The van der Waals surface area contributed by atoms with Crippen molar-refractivity contribution in [3.8, 4) is 0 Å². The van der Waals surface area contributed by atoms with E-state index in [0.29, 0.717) is 12.5 Å². The average molecular weight is 209 g/mol. The molecule has 0 unspecified atom stereocenters. The molecule has 0 atom stereocenters. The highest BCUT2D eigenvalue weighted by Crippen LogP contribution is 2.25. The van der Waals surface area contributed by atoms with E-state index in [1.807, 2.05) is 6.20 Å². The Morgan fingerprint density at radius 1 is 1.40 bits per heavy atom. The molecule has 0 saturated heterocycles. The fraction of sp³-hybridized carbons (Fsp3) is 0.750. The fourth-order valence-electron chi connectivity index (χ4n) is 1.89. The van der Waals surface area contributed by atoms with Crippen LogP contribution in [0.1, 0.15) is 51.8 Å². The molecule has 0 aliphatic carbocycles. The lowest BCUT2D eigenvalue weighted by Gasteiger charge is -2.24. The van der Waals surface area contributed by atoms with E-state index in [4.69, 9.17) is 5.73 Å². The summed E-state index contributed by atoms with van der Waals surface area (Å²) in [5, 5.41) is 4.49. The van der Waals surface area contributed by atoms with Gasteiger partial charge in [0, 0.05) is 5.69 Å². The topological polar surface area (TPSA) is 43.8 Å². The van der Waals surface area contributed by atoms with Gasteiger partial charge in [0.1, 0.15) is 0 Å². The van der Waals surface area contributed by atoms with Gasteiger partial charge in [0.15, 0.2) is 0 Å².